The standard InChI is InChI=1S/C15H18N6O/c1-3-12(22-13-6-4-5-11(2)9-13)10-16-14-7-8-15-17-19-20-21(15)18-14/h4-9,12H,3,10H2,1-2H3,(H,16,18). The van der Waals surface area contributed by atoms with Gasteiger partial charge in [-0.1, -0.05) is 19.1 Å². The van der Waals surface area contributed by atoms with Crippen molar-refractivity contribution in [1.82, 2.24) is 25.3 Å². The summed E-state index contributed by atoms with van der Waals surface area (Å²) in [5.41, 5.74) is 1.81. The first-order valence-corrected chi connectivity index (χ1v) is 7.27. The summed E-state index contributed by atoms with van der Waals surface area (Å²) in [6.07, 6.45) is 0.960. The maximum Gasteiger partial charge on any atom is 0.200 e. The first-order chi connectivity index (χ1) is 10.7. The summed E-state index contributed by atoms with van der Waals surface area (Å²) in [7, 11) is 0. The lowest BCUT2D eigenvalue weighted by atomic mass is 10.2. The van der Waals surface area contributed by atoms with Crippen molar-refractivity contribution in [3.63, 3.8) is 0 Å². The molecule has 7 nitrogen and oxygen atoms in total. The molecule has 0 fully saturated rings. The number of nitrogens with one attached hydrogen (secondary N) is 1. The number of aromatic nitrogens is 5. The Labute approximate surface area is 128 Å². The summed E-state index contributed by atoms with van der Waals surface area (Å²) in [5.74, 6) is 1.60. The molecule has 2 aromatic heterocycles. The number of benzene rings is 1. The molecular weight excluding hydrogens is 280 g/mol. The number of nitrogens with zero attached hydrogens (tertiary/aromatic N) is 5. The fourth-order valence-electron chi connectivity index (χ4n) is 2.11. The predicted molar refractivity (Wildman–Crippen MR) is 83.0 cm³/mol. The van der Waals surface area contributed by atoms with Crippen LogP contribution in [0.5, 0.6) is 5.75 Å². The van der Waals surface area contributed by atoms with Gasteiger partial charge in [0.1, 0.15) is 17.7 Å². The molecule has 0 aliphatic rings. The van der Waals surface area contributed by atoms with Crippen LogP contribution in [0, 0.1) is 6.92 Å². The largest absolute Gasteiger partial charge is 0.489 e. The van der Waals surface area contributed by atoms with Crippen molar-refractivity contribution in [3.8, 4) is 5.75 Å². The van der Waals surface area contributed by atoms with E-state index in [9.17, 15) is 0 Å². The Bertz CT molecular complexity index is 756. The minimum Gasteiger partial charge on any atom is -0.489 e. The van der Waals surface area contributed by atoms with E-state index in [1.165, 1.54) is 10.2 Å². The zero-order valence-electron chi connectivity index (χ0n) is 12.6. The molecule has 0 saturated heterocycles. The van der Waals surface area contributed by atoms with Crippen LogP contribution in [0.25, 0.3) is 5.65 Å². The molecule has 0 aliphatic heterocycles. The molecule has 1 aromatic carbocycles. The van der Waals surface area contributed by atoms with E-state index in [2.05, 4.69) is 45.9 Å². The second kappa shape index (κ2) is 6.38. The lowest BCUT2D eigenvalue weighted by molar-refractivity contribution is 0.210. The van der Waals surface area contributed by atoms with Gasteiger partial charge in [0.15, 0.2) is 5.65 Å². The SMILES string of the molecule is CCC(CNc1ccc2nnnn2n1)Oc1cccc(C)c1. The first kappa shape index (κ1) is 14.2. The van der Waals surface area contributed by atoms with E-state index in [1.54, 1.807) is 0 Å². The van der Waals surface area contributed by atoms with E-state index in [1.807, 2.05) is 30.3 Å². The zero-order valence-corrected chi connectivity index (χ0v) is 12.6. The van der Waals surface area contributed by atoms with Crippen molar-refractivity contribution < 1.29 is 4.74 Å². The third-order valence-electron chi connectivity index (χ3n) is 3.33. The van der Waals surface area contributed by atoms with Crippen LogP contribution in [0.3, 0.4) is 0 Å². The molecule has 3 aromatic rings. The summed E-state index contributed by atoms with van der Waals surface area (Å²) >= 11 is 0. The Balaban J connectivity index is 1.62. The average Bonchev–Trinajstić information content (AvgIpc) is 2.99. The molecule has 1 unspecified atom stereocenters. The Morgan fingerprint density at radius 2 is 2.18 bits per heavy atom. The fourth-order valence-corrected chi connectivity index (χ4v) is 2.11. The van der Waals surface area contributed by atoms with Gasteiger partial charge in [0, 0.05) is 0 Å². The number of rotatable bonds is 6. The van der Waals surface area contributed by atoms with Crippen LogP contribution in [0.1, 0.15) is 18.9 Å². The van der Waals surface area contributed by atoms with Gasteiger partial charge in [-0.05, 0) is 53.6 Å². The van der Waals surface area contributed by atoms with E-state index < -0.39 is 0 Å². The molecule has 3 rings (SSSR count). The highest BCUT2D eigenvalue weighted by Crippen LogP contribution is 2.15. The number of tetrazole rings is 1. The van der Waals surface area contributed by atoms with E-state index in [0.29, 0.717) is 18.0 Å². The molecule has 114 valence electrons. The molecule has 0 radical (unpaired) electrons. The minimum absolute atomic E-state index is 0.0631. The number of ether oxygens (including phenoxy) is 1. The fraction of sp³-hybridized carbons (Fsp3) is 0.333. The summed E-state index contributed by atoms with van der Waals surface area (Å²) in [6.45, 7) is 4.81. The van der Waals surface area contributed by atoms with Gasteiger partial charge in [0.05, 0.1) is 6.54 Å². The van der Waals surface area contributed by atoms with Crippen molar-refractivity contribution in [2.75, 3.05) is 11.9 Å². The van der Waals surface area contributed by atoms with Crippen molar-refractivity contribution >= 4 is 11.5 Å². The molecule has 7 heteroatoms. The Morgan fingerprint density at radius 3 is 3.00 bits per heavy atom. The Kier molecular flexibility index (Phi) is 4.13. The summed E-state index contributed by atoms with van der Waals surface area (Å²) < 4.78 is 7.39. The van der Waals surface area contributed by atoms with Crippen molar-refractivity contribution in [2.24, 2.45) is 0 Å². The molecule has 0 bridgehead atoms. The van der Waals surface area contributed by atoms with Crippen LogP contribution >= 0.6 is 0 Å². The van der Waals surface area contributed by atoms with Gasteiger partial charge in [0.2, 0.25) is 0 Å². The van der Waals surface area contributed by atoms with Gasteiger partial charge in [-0.3, -0.25) is 0 Å². The molecule has 2 heterocycles. The minimum atomic E-state index is 0.0631. The van der Waals surface area contributed by atoms with Gasteiger partial charge in [-0.2, -0.15) is 0 Å². The van der Waals surface area contributed by atoms with E-state index in [4.69, 9.17) is 4.74 Å². The number of hydrogen-bond acceptors (Lipinski definition) is 6. The molecular formula is C15H18N6O. The van der Waals surface area contributed by atoms with Crippen molar-refractivity contribution in [3.05, 3.63) is 42.0 Å². The lowest BCUT2D eigenvalue weighted by Gasteiger charge is -2.18. The number of anilines is 1. The van der Waals surface area contributed by atoms with Crippen molar-refractivity contribution in [2.45, 2.75) is 26.4 Å². The van der Waals surface area contributed by atoms with E-state index in [-0.39, 0.29) is 6.10 Å². The highest BCUT2D eigenvalue weighted by molar-refractivity contribution is 5.42. The summed E-state index contributed by atoms with van der Waals surface area (Å²) in [6, 6.07) is 11.7. The topological polar surface area (TPSA) is 77.2 Å². The smallest absolute Gasteiger partial charge is 0.200 e. The quantitative estimate of drug-likeness (QED) is 0.751. The van der Waals surface area contributed by atoms with Crippen LogP contribution < -0.4 is 10.1 Å². The predicted octanol–water partition coefficient (Wildman–Crippen LogP) is 2.10. The second-order valence-corrected chi connectivity index (χ2v) is 5.09. The van der Waals surface area contributed by atoms with Crippen LogP contribution in [0.15, 0.2) is 36.4 Å². The van der Waals surface area contributed by atoms with Gasteiger partial charge >= 0.3 is 0 Å². The third kappa shape index (κ3) is 3.30. The van der Waals surface area contributed by atoms with E-state index in [0.717, 1.165) is 12.2 Å². The molecule has 0 spiro atoms. The van der Waals surface area contributed by atoms with Gasteiger partial charge in [-0.25, -0.2) is 0 Å². The zero-order chi connectivity index (χ0) is 15.4. The normalized spacial score (nSPS) is 12.3. The van der Waals surface area contributed by atoms with Crippen molar-refractivity contribution in [1.29, 1.82) is 0 Å². The summed E-state index contributed by atoms with van der Waals surface area (Å²) in [4.78, 5) is 0. The second-order valence-electron chi connectivity index (χ2n) is 5.09. The Morgan fingerprint density at radius 1 is 1.27 bits per heavy atom. The highest BCUT2D eigenvalue weighted by Gasteiger charge is 2.09. The first-order valence-electron chi connectivity index (χ1n) is 7.27. The highest BCUT2D eigenvalue weighted by atomic mass is 16.5. The Hall–Kier alpha value is -2.70. The lowest BCUT2D eigenvalue weighted by Crippen LogP contribution is -2.26. The molecule has 0 amide bonds. The maximum absolute atomic E-state index is 6.00. The van der Waals surface area contributed by atoms with Crippen LogP contribution in [-0.4, -0.2) is 37.9 Å². The molecule has 22 heavy (non-hydrogen) atoms. The molecule has 1 N–H and O–H groups in total. The van der Waals surface area contributed by atoms with Gasteiger partial charge in [-0.15, -0.1) is 14.8 Å². The number of fused-ring (bicyclic) bond motifs is 1. The summed E-state index contributed by atoms with van der Waals surface area (Å²) in [5, 5.41) is 18.7. The van der Waals surface area contributed by atoms with Crippen LogP contribution in [-0.2, 0) is 0 Å². The number of aryl methyl sites for hydroxylation is 1. The van der Waals surface area contributed by atoms with Crippen LogP contribution in [0.4, 0.5) is 5.82 Å². The molecule has 0 aliphatic carbocycles. The maximum atomic E-state index is 6.00. The van der Waals surface area contributed by atoms with Crippen LogP contribution in [0.2, 0.25) is 0 Å². The molecule has 0 saturated carbocycles. The molecule has 1 atom stereocenters. The van der Waals surface area contributed by atoms with E-state index >= 15 is 0 Å². The van der Waals surface area contributed by atoms with Gasteiger partial charge in [0.25, 0.3) is 0 Å². The monoisotopic (exact) mass is 298 g/mol. The average molecular weight is 298 g/mol. The van der Waals surface area contributed by atoms with Gasteiger partial charge < -0.3 is 10.1 Å². The number of hydrogen-bond donors (Lipinski definition) is 1. The third-order valence-corrected chi connectivity index (χ3v) is 3.33.